The number of aliphatic hydroxyl groups excluding tert-OH is 1. The van der Waals surface area contributed by atoms with E-state index < -0.39 is 23.4 Å². The van der Waals surface area contributed by atoms with Crippen molar-refractivity contribution in [2.24, 2.45) is 7.05 Å². The lowest BCUT2D eigenvalue weighted by Crippen LogP contribution is -2.31. The molecule has 7 nitrogen and oxygen atoms in total. The first-order chi connectivity index (χ1) is 14.3. The van der Waals surface area contributed by atoms with Gasteiger partial charge in [0.15, 0.2) is 0 Å². The molecular weight excluding hydrogens is 411 g/mol. The van der Waals surface area contributed by atoms with Gasteiger partial charge in [0.2, 0.25) is 0 Å². The Balaban J connectivity index is 1.99. The predicted octanol–water partition coefficient (Wildman–Crippen LogP) is 3.09. The number of aromatic nitrogens is 2. The quantitative estimate of drug-likeness (QED) is 0.558. The summed E-state index contributed by atoms with van der Waals surface area (Å²) in [5.41, 5.74) is 0.952. The largest absolute Gasteiger partial charge is 0.392 e. The van der Waals surface area contributed by atoms with E-state index in [9.17, 15) is 19.1 Å². The van der Waals surface area contributed by atoms with E-state index in [2.05, 4.69) is 15.6 Å². The van der Waals surface area contributed by atoms with Gasteiger partial charge in [0.05, 0.1) is 28.6 Å². The topological polar surface area (TPSA) is 96.2 Å². The van der Waals surface area contributed by atoms with Gasteiger partial charge in [-0.05, 0) is 37.3 Å². The fraction of sp³-hybridized carbons (Fsp3) is 0.190. The lowest BCUT2D eigenvalue weighted by Gasteiger charge is -2.14. The second-order valence-corrected chi connectivity index (χ2v) is 7.22. The predicted molar refractivity (Wildman–Crippen MR) is 114 cm³/mol. The zero-order valence-electron chi connectivity index (χ0n) is 16.3. The normalized spacial score (nSPS) is 11.8. The van der Waals surface area contributed by atoms with E-state index in [0.29, 0.717) is 16.4 Å². The van der Waals surface area contributed by atoms with Gasteiger partial charge in [-0.1, -0.05) is 11.6 Å². The molecule has 0 unspecified atom stereocenters. The molecule has 2 aromatic heterocycles. The van der Waals surface area contributed by atoms with Gasteiger partial charge in [-0.2, -0.15) is 0 Å². The monoisotopic (exact) mass is 430 g/mol. The second kappa shape index (κ2) is 9.06. The average Bonchev–Trinajstić information content (AvgIpc) is 2.71. The molecule has 3 aromatic rings. The highest BCUT2D eigenvalue weighted by atomic mass is 35.5. The minimum Gasteiger partial charge on any atom is -0.392 e. The summed E-state index contributed by atoms with van der Waals surface area (Å²) >= 11 is 5.98. The minimum absolute atomic E-state index is 0.0800. The molecule has 30 heavy (non-hydrogen) atoms. The molecule has 0 radical (unpaired) electrons. The van der Waals surface area contributed by atoms with Gasteiger partial charge in [0.25, 0.3) is 11.5 Å². The van der Waals surface area contributed by atoms with Crippen molar-refractivity contribution >= 4 is 28.9 Å². The highest BCUT2D eigenvalue weighted by Gasteiger charge is 2.15. The molecule has 1 amide bonds. The molecule has 1 aromatic carbocycles. The summed E-state index contributed by atoms with van der Waals surface area (Å²) in [4.78, 5) is 29.0. The maximum atomic E-state index is 14.3. The number of anilines is 2. The zero-order chi connectivity index (χ0) is 21.8. The molecule has 3 rings (SSSR count). The lowest BCUT2D eigenvalue weighted by molar-refractivity contribution is 0.0924. The van der Waals surface area contributed by atoms with E-state index in [1.807, 2.05) is 0 Å². The molecule has 0 spiro atoms. The van der Waals surface area contributed by atoms with Crippen molar-refractivity contribution in [3.8, 4) is 11.1 Å². The van der Waals surface area contributed by atoms with Crippen LogP contribution >= 0.6 is 11.6 Å². The van der Waals surface area contributed by atoms with Crippen LogP contribution < -0.4 is 16.2 Å². The number of nitrogens with one attached hydrogen (secondary N) is 2. The minimum atomic E-state index is -0.694. The van der Waals surface area contributed by atoms with Crippen molar-refractivity contribution in [2.45, 2.75) is 13.0 Å². The molecule has 0 saturated heterocycles. The van der Waals surface area contributed by atoms with E-state index in [0.717, 1.165) is 0 Å². The summed E-state index contributed by atoms with van der Waals surface area (Å²) in [6, 6.07) is 7.09. The van der Waals surface area contributed by atoms with Crippen LogP contribution in [0.2, 0.25) is 5.02 Å². The molecule has 0 bridgehead atoms. The highest BCUT2D eigenvalue weighted by Crippen LogP contribution is 2.27. The molecule has 0 aliphatic carbocycles. The van der Waals surface area contributed by atoms with Crippen LogP contribution in [0.15, 0.2) is 53.7 Å². The number of hydrogen-bond donors (Lipinski definition) is 3. The Morgan fingerprint density at radius 2 is 2.07 bits per heavy atom. The number of amides is 1. The van der Waals surface area contributed by atoms with Crippen molar-refractivity contribution in [3.63, 3.8) is 0 Å². The van der Waals surface area contributed by atoms with Crippen LogP contribution in [0.5, 0.6) is 0 Å². The van der Waals surface area contributed by atoms with Gasteiger partial charge in [-0.25, -0.2) is 4.39 Å². The Labute approximate surface area is 177 Å². The smallest absolute Gasteiger partial charge is 0.258 e. The van der Waals surface area contributed by atoms with Crippen molar-refractivity contribution in [3.05, 3.63) is 75.7 Å². The molecule has 2 heterocycles. The van der Waals surface area contributed by atoms with E-state index in [1.165, 1.54) is 47.4 Å². The number of benzene rings is 1. The summed E-state index contributed by atoms with van der Waals surface area (Å²) in [5.74, 6) is -0.992. The second-order valence-electron chi connectivity index (χ2n) is 6.79. The van der Waals surface area contributed by atoms with Gasteiger partial charge >= 0.3 is 0 Å². The first-order valence-electron chi connectivity index (χ1n) is 9.09. The highest BCUT2D eigenvalue weighted by molar-refractivity contribution is 6.30. The fourth-order valence-electron chi connectivity index (χ4n) is 2.85. The van der Waals surface area contributed by atoms with E-state index in [-0.39, 0.29) is 23.2 Å². The molecule has 156 valence electrons. The van der Waals surface area contributed by atoms with Crippen LogP contribution in [0, 0.1) is 5.82 Å². The Hall–Kier alpha value is -3.23. The lowest BCUT2D eigenvalue weighted by atomic mass is 10.1. The maximum absolute atomic E-state index is 14.3. The molecular formula is C21H20ClFN4O3. The number of hydrogen-bond acceptors (Lipinski definition) is 5. The number of nitrogens with zero attached hydrogens (tertiary/aromatic N) is 2. The Bertz CT molecular complexity index is 1150. The van der Waals surface area contributed by atoms with Crippen LogP contribution in [0.25, 0.3) is 11.1 Å². The van der Waals surface area contributed by atoms with E-state index in [1.54, 1.807) is 20.0 Å². The van der Waals surface area contributed by atoms with Crippen molar-refractivity contribution < 1.29 is 14.3 Å². The van der Waals surface area contributed by atoms with Gasteiger partial charge in [0, 0.05) is 42.8 Å². The Kier molecular flexibility index (Phi) is 6.49. The summed E-state index contributed by atoms with van der Waals surface area (Å²) < 4.78 is 15.6. The van der Waals surface area contributed by atoms with Crippen LogP contribution in [-0.2, 0) is 7.05 Å². The molecule has 3 N–H and O–H groups in total. The first kappa shape index (κ1) is 21.5. The van der Waals surface area contributed by atoms with Crippen molar-refractivity contribution in [2.75, 3.05) is 11.9 Å². The van der Waals surface area contributed by atoms with Crippen LogP contribution in [-0.4, -0.2) is 33.2 Å². The number of carbonyl (C=O) groups is 1. The van der Waals surface area contributed by atoms with Crippen LogP contribution in [0.3, 0.4) is 0 Å². The van der Waals surface area contributed by atoms with Gasteiger partial charge in [-0.15, -0.1) is 0 Å². The molecule has 9 heteroatoms. The standard InChI is InChI=1S/C21H20ClFN4O3/c1-12(28)9-25-20(29)17-10-24-6-5-19(17)26-14-8-16(21(30)27(2)11-14)15-7-13(22)3-4-18(15)23/h3-8,10-12,28H,9H2,1-2H3,(H,24,26)(H,25,29)/t12-/m0/s1. The zero-order valence-corrected chi connectivity index (χ0v) is 17.1. The fourth-order valence-corrected chi connectivity index (χ4v) is 3.02. The molecule has 1 atom stereocenters. The summed E-state index contributed by atoms with van der Waals surface area (Å²) in [6.07, 6.45) is 3.74. The maximum Gasteiger partial charge on any atom is 0.258 e. The third kappa shape index (κ3) is 4.84. The van der Waals surface area contributed by atoms with Gasteiger partial charge in [-0.3, -0.25) is 14.6 Å². The summed E-state index contributed by atoms with van der Waals surface area (Å²) in [6.45, 7) is 1.65. The number of carbonyl (C=O) groups excluding carboxylic acids is 1. The number of aryl methyl sites for hydroxylation is 1. The third-order valence-electron chi connectivity index (χ3n) is 4.30. The van der Waals surface area contributed by atoms with Crippen molar-refractivity contribution in [1.29, 1.82) is 0 Å². The third-order valence-corrected chi connectivity index (χ3v) is 4.54. The van der Waals surface area contributed by atoms with Crippen LogP contribution in [0.4, 0.5) is 15.8 Å². The molecule has 0 saturated carbocycles. The Morgan fingerprint density at radius 3 is 2.80 bits per heavy atom. The van der Waals surface area contributed by atoms with Crippen LogP contribution in [0.1, 0.15) is 17.3 Å². The number of pyridine rings is 2. The first-order valence-corrected chi connectivity index (χ1v) is 9.47. The van der Waals surface area contributed by atoms with Crippen molar-refractivity contribution in [1.82, 2.24) is 14.9 Å². The SMILES string of the molecule is C[C@H](O)CNC(=O)c1cnccc1Nc1cc(-c2cc(Cl)ccc2F)c(=O)n(C)c1. The van der Waals surface area contributed by atoms with E-state index in [4.69, 9.17) is 11.6 Å². The van der Waals surface area contributed by atoms with Gasteiger partial charge in [0.1, 0.15) is 5.82 Å². The number of aliphatic hydroxyl groups is 1. The summed E-state index contributed by atoms with van der Waals surface area (Å²) in [5, 5.41) is 15.4. The summed E-state index contributed by atoms with van der Waals surface area (Å²) in [7, 11) is 1.54. The Morgan fingerprint density at radius 1 is 1.30 bits per heavy atom. The number of rotatable bonds is 6. The van der Waals surface area contributed by atoms with Gasteiger partial charge < -0.3 is 20.3 Å². The average molecular weight is 431 g/mol. The molecule has 0 aliphatic rings. The molecule has 0 aliphatic heterocycles. The number of halogens is 2. The van der Waals surface area contributed by atoms with E-state index >= 15 is 0 Å². The molecule has 0 fully saturated rings.